The summed E-state index contributed by atoms with van der Waals surface area (Å²) in [5, 5.41) is 2.93. The zero-order valence-corrected chi connectivity index (χ0v) is 15.0. The summed E-state index contributed by atoms with van der Waals surface area (Å²) in [6, 6.07) is 25.2. The Bertz CT molecular complexity index is 1070. The van der Waals surface area contributed by atoms with Gasteiger partial charge in [0.15, 0.2) is 0 Å². The van der Waals surface area contributed by atoms with Crippen LogP contribution >= 0.6 is 0 Å². The minimum atomic E-state index is -0.320. The van der Waals surface area contributed by atoms with Crippen LogP contribution in [0, 0.1) is 5.82 Å². The molecule has 0 atom stereocenters. The highest BCUT2D eigenvalue weighted by Crippen LogP contribution is 2.26. The van der Waals surface area contributed by atoms with Crippen LogP contribution in [0.3, 0.4) is 0 Å². The van der Waals surface area contributed by atoms with Crippen LogP contribution in [0.5, 0.6) is 0 Å². The van der Waals surface area contributed by atoms with E-state index in [4.69, 9.17) is 0 Å². The number of amides is 1. The molecule has 138 valence electrons. The molecule has 0 spiro atoms. The maximum Gasteiger partial charge on any atom is 0.270 e. The third-order valence-corrected chi connectivity index (χ3v) is 4.39. The van der Waals surface area contributed by atoms with E-state index in [-0.39, 0.29) is 11.7 Å². The minimum absolute atomic E-state index is 0.247. The van der Waals surface area contributed by atoms with Gasteiger partial charge >= 0.3 is 0 Å². The van der Waals surface area contributed by atoms with Crippen molar-refractivity contribution in [2.24, 2.45) is 0 Å². The lowest BCUT2D eigenvalue weighted by Gasteiger charge is -2.06. The van der Waals surface area contributed by atoms with Crippen molar-refractivity contribution < 1.29 is 9.18 Å². The summed E-state index contributed by atoms with van der Waals surface area (Å²) in [5.74, 6) is -0.0494. The lowest BCUT2D eigenvalue weighted by molar-refractivity contribution is 0.0947. The number of aromatic nitrogens is 2. The first-order chi connectivity index (χ1) is 13.7. The molecule has 1 heterocycles. The summed E-state index contributed by atoms with van der Waals surface area (Å²) in [4.78, 5) is 20.6. The van der Waals surface area contributed by atoms with E-state index >= 15 is 0 Å². The molecule has 5 heteroatoms. The van der Waals surface area contributed by atoms with E-state index in [1.165, 1.54) is 12.1 Å². The van der Waals surface area contributed by atoms with Crippen LogP contribution in [-0.4, -0.2) is 15.9 Å². The van der Waals surface area contributed by atoms with Crippen molar-refractivity contribution in [3.05, 3.63) is 102 Å². The summed E-state index contributed by atoms with van der Waals surface area (Å²) in [5.41, 5.74) is 3.49. The van der Waals surface area contributed by atoms with E-state index < -0.39 is 0 Å². The molecule has 3 aromatic carbocycles. The molecule has 0 fully saturated rings. The fourth-order valence-electron chi connectivity index (χ4n) is 2.95. The third-order valence-electron chi connectivity index (χ3n) is 4.39. The molecule has 4 nitrogen and oxygen atoms in total. The number of carbonyl (C=O) groups is 1. The van der Waals surface area contributed by atoms with Crippen molar-refractivity contribution in [2.75, 3.05) is 0 Å². The van der Waals surface area contributed by atoms with Crippen molar-refractivity contribution in [1.29, 1.82) is 0 Å². The fourth-order valence-corrected chi connectivity index (χ4v) is 2.95. The number of aromatic amines is 1. The van der Waals surface area contributed by atoms with Crippen LogP contribution in [0.15, 0.2) is 84.9 Å². The first kappa shape index (κ1) is 17.7. The number of hydrogen-bond acceptors (Lipinski definition) is 2. The van der Waals surface area contributed by atoms with E-state index in [1.807, 2.05) is 60.7 Å². The molecule has 0 bridgehead atoms. The molecule has 0 saturated carbocycles. The monoisotopic (exact) mass is 371 g/mol. The molecule has 0 aliphatic heterocycles. The average molecular weight is 371 g/mol. The predicted octanol–water partition coefficient (Wildman–Crippen LogP) is 4.81. The molecule has 4 aromatic rings. The van der Waals surface area contributed by atoms with E-state index in [9.17, 15) is 9.18 Å². The van der Waals surface area contributed by atoms with Gasteiger partial charge in [0.05, 0.1) is 0 Å². The Hall–Kier alpha value is -3.73. The SMILES string of the molecule is O=C(NCc1ccccc1)c1[nH]c(-c2ccc(F)cc2)nc1-c1ccccc1. The van der Waals surface area contributed by atoms with Gasteiger partial charge in [0.1, 0.15) is 23.0 Å². The van der Waals surface area contributed by atoms with Crippen molar-refractivity contribution in [2.45, 2.75) is 6.54 Å². The summed E-state index contributed by atoms with van der Waals surface area (Å²) >= 11 is 0. The molecule has 0 aliphatic rings. The highest BCUT2D eigenvalue weighted by molar-refractivity contribution is 5.99. The first-order valence-corrected chi connectivity index (χ1v) is 8.94. The highest BCUT2D eigenvalue weighted by Gasteiger charge is 2.19. The van der Waals surface area contributed by atoms with E-state index in [0.717, 1.165) is 11.1 Å². The van der Waals surface area contributed by atoms with E-state index in [0.29, 0.717) is 29.3 Å². The van der Waals surface area contributed by atoms with Gasteiger partial charge in [0, 0.05) is 17.7 Å². The summed E-state index contributed by atoms with van der Waals surface area (Å²) < 4.78 is 13.2. The number of carbonyl (C=O) groups excluding carboxylic acids is 1. The van der Waals surface area contributed by atoms with E-state index in [1.54, 1.807) is 12.1 Å². The van der Waals surface area contributed by atoms with Crippen molar-refractivity contribution >= 4 is 5.91 Å². The number of H-pyrrole nitrogens is 1. The minimum Gasteiger partial charge on any atom is -0.347 e. The van der Waals surface area contributed by atoms with Crippen LogP contribution in [-0.2, 0) is 6.54 Å². The Morgan fingerprint density at radius 2 is 1.50 bits per heavy atom. The number of benzene rings is 3. The van der Waals surface area contributed by atoms with E-state index in [2.05, 4.69) is 15.3 Å². The van der Waals surface area contributed by atoms with Crippen LogP contribution in [0.2, 0.25) is 0 Å². The van der Waals surface area contributed by atoms with Gasteiger partial charge in [-0.15, -0.1) is 0 Å². The largest absolute Gasteiger partial charge is 0.347 e. The fraction of sp³-hybridized carbons (Fsp3) is 0.0435. The normalized spacial score (nSPS) is 10.6. The van der Waals surface area contributed by atoms with Gasteiger partial charge in [-0.3, -0.25) is 4.79 Å². The van der Waals surface area contributed by atoms with Gasteiger partial charge < -0.3 is 10.3 Å². The molecular formula is C23H18FN3O. The standard InChI is InChI=1S/C23H18FN3O/c24-19-13-11-18(12-14-19)22-26-20(17-9-5-2-6-10-17)21(27-22)23(28)25-15-16-7-3-1-4-8-16/h1-14H,15H2,(H,25,28)(H,26,27). The predicted molar refractivity (Wildman–Crippen MR) is 107 cm³/mol. The highest BCUT2D eigenvalue weighted by atomic mass is 19.1. The number of nitrogens with zero attached hydrogens (tertiary/aromatic N) is 1. The van der Waals surface area contributed by atoms with Gasteiger partial charge in [0.25, 0.3) is 5.91 Å². The molecule has 2 N–H and O–H groups in total. The molecule has 4 rings (SSSR count). The lowest BCUT2D eigenvalue weighted by Crippen LogP contribution is -2.23. The molecule has 1 amide bonds. The Morgan fingerprint density at radius 1 is 0.857 bits per heavy atom. The maximum atomic E-state index is 13.2. The molecule has 28 heavy (non-hydrogen) atoms. The molecule has 0 unspecified atom stereocenters. The van der Waals surface area contributed by atoms with Gasteiger partial charge in [0.2, 0.25) is 0 Å². The van der Waals surface area contributed by atoms with Crippen LogP contribution in [0.25, 0.3) is 22.6 Å². The molecule has 1 aromatic heterocycles. The first-order valence-electron chi connectivity index (χ1n) is 8.94. The van der Waals surface area contributed by atoms with Gasteiger partial charge in [-0.2, -0.15) is 0 Å². The van der Waals surface area contributed by atoms with Crippen molar-refractivity contribution in [3.8, 4) is 22.6 Å². The topological polar surface area (TPSA) is 57.8 Å². The zero-order valence-electron chi connectivity index (χ0n) is 15.0. The van der Waals surface area contributed by atoms with Crippen LogP contribution in [0.4, 0.5) is 4.39 Å². The molecular weight excluding hydrogens is 353 g/mol. The Kier molecular flexibility index (Phi) is 4.97. The summed E-state index contributed by atoms with van der Waals surface area (Å²) in [6.07, 6.45) is 0. The van der Waals surface area contributed by atoms with Crippen LogP contribution in [0.1, 0.15) is 16.1 Å². The third kappa shape index (κ3) is 3.83. The van der Waals surface area contributed by atoms with Crippen molar-refractivity contribution in [3.63, 3.8) is 0 Å². The van der Waals surface area contributed by atoms with Gasteiger partial charge in [-0.25, -0.2) is 9.37 Å². The summed E-state index contributed by atoms with van der Waals surface area (Å²) in [6.45, 7) is 0.415. The quantitative estimate of drug-likeness (QED) is 0.529. The number of hydrogen-bond donors (Lipinski definition) is 2. The van der Waals surface area contributed by atoms with Gasteiger partial charge in [-0.1, -0.05) is 60.7 Å². The second kappa shape index (κ2) is 7.88. The second-order valence-corrected chi connectivity index (χ2v) is 6.35. The molecule has 0 aliphatic carbocycles. The lowest BCUT2D eigenvalue weighted by atomic mass is 10.1. The second-order valence-electron chi connectivity index (χ2n) is 6.35. The smallest absolute Gasteiger partial charge is 0.270 e. The number of imidazole rings is 1. The Labute approximate surface area is 162 Å². The molecule has 0 radical (unpaired) electrons. The summed E-state index contributed by atoms with van der Waals surface area (Å²) in [7, 11) is 0. The van der Waals surface area contributed by atoms with Crippen LogP contribution < -0.4 is 5.32 Å². The average Bonchev–Trinajstić information content (AvgIpc) is 3.19. The Morgan fingerprint density at radius 3 is 2.18 bits per heavy atom. The molecule has 0 saturated heterocycles. The Balaban J connectivity index is 1.68. The number of nitrogens with one attached hydrogen (secondary N) is 2. The van der Waals surface area contributed by atoms with Gasteiger partial charge in [-0.05, 0) is 29.8 Å². The zero-order chi connectivity index (χ0) is 19.3. The number of rotatable bonds is 5. The van der Waals surface area contributed by atoms with Crippen molar-refractivity contribution in [1.82, 2.24) is 15.3 Å². The number of halogens is 1. The maximum absolute atomic E-state index is 13.2.